The minimum Gasteiger partial charge on any atom is -0.392 e. The van der Waals surface area contributed by atoms with Crippen LogP contribution in [0.15, 0.2) is 12.4 Å². The van der Waals surface area contributed by atoms with Gasteiger partial charge < -0.3 is 25.8 Å². The Labute approximate surface area is 123 Å². The monoisotopic (exact) mass is 309 g/mol. The molecule has 0 saturated carbocycles. The van der Waals surface area contributed by atoms with Gasteiger partial charge >= 0.3 is 0 Å². The fourth-order valence-electron chi connectivity index (χ4n) is 2.55. The molecule has 0 aliphatic carbocycles. The first-order chi connectivity index (χ1) is 10.4. The van der Waals surface area contributed by atoms with Gasteiger partial charge in [-0.2, -0.15) is 10.4 Å². The standard InChI is InChI=1S/C12H12FN5O4/c13-5-1-6(18-7(5)11(15)16-4-17-18)9-8(20)10(21)12(2-14,3-19)22-9/h1,4,8-10,19-21H,3H2,(H2,15,16,17)/t8-,9?,10-,12+/m0/s1. The molecule has 1 fully saturated rings. The van der Waals surface area contributed by atoms with Crippen LogP contribution in [0.25, 0.3) is 5.52 Å². The molecule has 1 unspecified atom stereocenters. The first kappa shape index (κ1) is 14.6. The van der Waals surface area contributed by atoms with Crippen LogP contribution in [0.4, 0.5) is 10.2 Å². The number of anilines is 1. The number of nitrogens with two attached hydrogens (primary N) is 1. The van der Waals surface area contributed by atoms with Gasteiger partial charge in [-0.3, -0.25) is 0 Å². The van der Waals surface area contributed by atoms with Crippen molar-refractivity contribution in [3.05, 3.63) is 23.9 Å². The smallest absolute Gasteiger partial charge is 0.206 e. The van der Waals surface area contributed by atoms with Gasteiger partial charge in [-0.1, -0.05) is 0 Å². The van der Waals surface area contributed by atoms with Gasteiger partial charge in [-0.25, -0.2) is 13.9 Å². The van der Waals surface area contributed by atoms with Crippen LogP contribution >= 0.6 is 0 Å². The number of nitrogen functional groups attached to an aromatic ring is 1. The first-order valence-electron chi connectivity index (χ1n) is 6.29. The van der Waals surface area contributed by atoms with Crippen molar-refractivity contribution in [2.24, 2.45) is 0 Å². The van der Waals surface area contributed by atoms with Crippen molar-refractivity contribution in [3.8, 4) is 6.07 Å². The lowest BCUT2D eigenvalue weighted by atomic mass is 9.96. The van der Waals surface area contributed by atoms with Crippen molar-refractivity contribution in [2.75, 3.05) is 12.3 Å². The van der Waals surface area contributed by atoms with E-state index >= 15 is 0 Å². The number of aliphatic hydroxyl groups excluding tert-OH is 3. The first-order valence-corrected chi connectivity index (χ1v) is 6.29. The van der Waals surface area contributed by atoms with Crippen molar-refractivity contribution < 1.29 is 24.4 Å². The Morgan fingerprint density at radius 3 is 2.86 bits per heavy atom. The maximum Gasteiger partial charge on any atom is 0.206 e. The SMILES string of the molecule is N#C[C@]1(CO)OC(c2cc(F)c3c(N)ncnn23)[C@H](O)[C@@H]1O. The van der Waals surface area contributed by atoms with Crippen molar-refractivity contribution in [2.45, 2.75) is 23.9 Å². The van der Waals surface area contributed by atoms with Crippen LogP contribution in [0.1, 0.15) is 11.8 Å². The Balaban J connectivity index is 2.14. The zero-order valence-electron chi connectivity index (χ0n) is 11.1. The van der Waals surface area contributed by atoms with E-state index in [1.54, 1.807) is 6.07 Å². The molecule has 4 atom stereocenters. The second-order valence-electron chi connectivity index (χ2n) is 4.96. The minimum absolute atomic E-state index is 0.0405. The highest BCUT2D eigenvalue weighted by atomic mass is 19.1. The fraction of sp³-hybridized carbons (Fsp3) is 0.417. The zero-order valence-corrected chi connectivity index (χ0v) is 11.1. The third kappa shape index (κ3) is 1.77. The second-order valence-corrected chi connectivity index (χ2v) is 4.96. The third-order valence-corrected chi connectivity index (χ3v) is 3.73. The van der Waals surface area contributed by atoms with Crippen LogP contribution in [-0.2, 0) is 4.74 Å². The summed E-state index contributed by atoms with van der Waals surface area (Å²) in [6.07, 6.45) is -3.40. The van der Waals surface area contributed by atoms with E-state index in [1.807, 2.05) is 0 Å². The average molecular weight is 309 g/mol. The Morgan fingerprint density at radius 2 is 2.27 bits per heavy atom. The van der Waals surface area contributed by atoms with Crippen molar-refractivity contribution >= 4 is 11.3 Å². The lowest BCUT2D eigenvalue weighted by molar-refractivity contribution is -0.0746. The van der Waals surface area contributed by atoms with E-state index in [1.165, 1.54) is 0 Å². The fourth-order valence-corrected chi connectivity index (χ4v) is 2.55. The van der Waals surface area contributed by atoms with E-state index in [0.29, 0.717) is 0 Å². The number of fused-ring (bicyclic) bond motifs is 1. The van der Waals surface area contributed by atoms with Crippen molar-refractivity contribution in [1.82, 2.24) is 14.6 Å². The normalized spacial score (nSPS) is 31.5. The van der Waals surface area contributed by atoms with Gasteiger partial charge in [0.25, 0.3) is 0 Å². The number of aromatic nitrogens is 3. The van der Waals surface area contributed by atoms with E-state index in [4.69, 9.17) is 15.7 Å². The molecule has 10 heteroatoms. The predicted octanol–water partition coefficient (Wildman–Crippen LogP) is -1.50. The molecule has 2 aromatic rings. The molecule has 22 heavy (non-hydrogen) atoms. The molecule has 1 saturated heterocycles. The molecule has 1 aliphatic heterocycles. The largest absolute Gasteiger partial charge is 0.392 e. The summed E-state index contributed by atoms with van der Waals surface area (Å²) in [5.41, 5.74) is 3.51. The van der Waals surface area contributed by atoms with Gasteiger partial charge in [0.1, 0.15) is 36.2 Å². The minimum atomic E-state index is -2.00. The third-order valence-electron chi connectivity index (χ3n) is 3.73. The Bertz CT molecular complexity index is 775. The highest BCUT2D eigenvalue weighted by Crippen LogP contribution is 2.40. The van der Waals surface area contributed by atoms with Gasteiger partial charge in [0.15, 0.2) is 11.6 Å². The summed E-state index contributed by atoms with van der Waals surface area (Å²) in [4.78, 5) is 3.66. The molecule has 0 aromatic carbocycles. The molecule has 1 aliphatic rings. The van der Waals surface area contributed by atoms with Crippen LogP contribution in [0.3, 0.4) is 0 Å². The molecular weight excluding hydrogens is 297 g/mol. The molecule has 116 valence electrons. The summed E-state index contributed by atoms with van der Waals surface area (Å²) in [5.74, 6) is -0.850. The second kappa shape index (κ2) is 4.85. The number of nitriles is 1. The predicted molar refractivity (Wildman–Crippen MR) is 68.6 cm³/mol. The van der Waals surface area contributed by atoms with Crippen LogP contribution in [0.5, 0.6) is 0 Å². The molecule has 3 heterocycles. The van der Waals surface area contributed by atoms with E-state index in [9.17, 15) is 19.7 Å². The molecule has 0 bridgehead atoms. The molecule has 0 radical (unpaired) electrons. The highest BCUT2D eigenvalue weighted by molar-refractivity contribution is 5.66. The van der Waals surface area contributed by atoms with Crippen LogP contribution in [0.2, 0.25) is 0 Å². The Morgan fingerprint density at radius 1 is 1.55 bits per heavy atom. The molecule has 0 amide bonds. The van der Waals surface area contributed by atoms with Crippen LogP contribution < -0.4 is 5.73 Å². The Kier molecular flexibility index (Phi) is 3.22. The maximum absolute atomic E-state index is 14.0. The number of hydrogen-bond acceptors (Lipinski definition) is 8. The number of rotatable bonds is 2. The zero-order chi connectivity index (χ0) is 16.1. The number of aliphatic hydroxyl groups is 3. The van der Waals surface area contributed by atoms with Gasteiger partial charge in [-0.05, 0) is 0 Å². The number of hydrogen-bond donors (Lipinski definition) is 4. The van der Waals surface area contributed by atoms with E-state index in [-0.39, 0.29) is 17.0 Å². The summed E-state index contributed by atoms with van der Waals surface area (Å²) >= 11 is 0. The molecular formula is C12H12FN5O4. The molecule has 3 rings (SSSR count). The van der Waals surface area contributed by atoms with Crippen LogP contribution in [0, 0.1) is 17.1 Å². The quantitative estimate of drug-likeness (QED) is 0.523. The summed E-state index contributed by atoms with van der Waals surface area (Å²) in [7, 11) is 0. The van der Waals surface area contributed by atoms with Gasteiger partial charge in [0, 0.05) is 6.07 Å². The van der Waals surface area contributed by atoms with E-state index in [2.05, 4.69) is 10.1 Å². The highest BCUT2D eigenvalue weighted by Gasteiger charge is 2.56. The van der Waals surface area contributed by atoms with Crippen molar-refractivity contribution in [1.29, 1.82) is 5.26 Å². The summed E-state index contributed by atoms with van der Waals surface area (Å²) in [6, 6.07) is 2.65. The van der Waals surface area contributed by atoms with E-state index in [0.717, 1.165) is 16.9 Å². The maximum atomic E-state index is 14.0. The molecule has 0 spiro atoms. The number of ether oxygens (including phenoxy) is 1. The molecule has 9 nitrogen and oxygen atoms in total. The molecule has 5 N–H and O–H groups in total. The summed E-state index contributed by atoms with van der Waals surface area (Å²) < 4.78 is 20.4. The summed E-state index contributed by atoms with van der Waals surface area (Å²) in [6.45, 7) is -0.832. The van der Waals surface area contributed by atoms with Crippen molar-refractivity contribution in [3.63, 3.8) is 0 Å². The van der Waals surface area contributed by atoms with Gasteiger partial charge in [-0.15, -0.1) is 0 Å². The lowest BCUT2D eigenvalue weighted by Crippen LogP contribution is -2.44. The molecule has 2 aromatic heterocycles. The summed E-state index contributed by atoms with van der Waals surface area (Å²) in [5, 5.41) is 42.3. The van der Waals surface area contributed by atoms with Gasteiger partial charge in [0.2, 0.25) is 5.60 Å². The number of halogens is 1. The average Bonchev–Trinajstić information content (AvgIpc) is 2.98. The Hall–Kier alpha value is -2.32. The van der Waals surface area contributed by atoms with E-state index < -0.39 is 36.3 Å². The lowest BCUT2D eigenvalue weighted by Gasteiger charge is -2.21. The van der Waals surface area contributed by atoms with Crippen LogP contribution in [-0.4, -0.2) is 54.3 Å². The van der Waals surface area contributed by atoms with Gasteiger partial charge in [0.05, 0.1) is 12.3 Å². The number of nitrogens with zero attached hydrogens (tertiary/aromatic N) is 4. The topological polar surface area (TPSA) is 150 Å².